The second-order valence-electron chi connectivity index (χ2n) is 7.09. The molecule has 1 amide bonds. The maximum absolute atomic E-state index is 12.0. The summed E-state index contributed by atoms with van der Waals surface area (Å²) in [4.78, 5) is 14.5. The van der Waals surface area contributed by atoms with Crippen LogP contribution in [0.5, 0.6) is 0 Å². The molecule has 1 fully saturated rings. The molecule has 0 saturated carbocycles. The van der Waals surface area contributed by atoms with E-state index in [1.807, 2.05) is 4.68 Å². The van der Waals surface area contributed by atoms with Gasteiger partial charge in [0.05, 0.1) is 12.2 Å². The second-order valence-corrected chi connectivity index (χ2v) is 7.09. The highest BCUT2D eigenvalue weighted by Crippen LogP contribution is 2.23. The Balaban J connectivity index is 1.48. The van der Waals surface area contributed by atoms with E-state index in [1.165, 1.54) is 11.1 Å². The number of hydrogen-bond donors (Lipinski definition) is 2. The quantitative estimate of drug-likeness (QED) is 0.691. The summed E-state index contributed by atoms with van der Waals surface area (Å²) >= 11 is 0. The van der Waals surface area contributed by atoms with Crippen LogP contribution < -0.4 is 5.32 Å². The van der Waals surface area contributed by atoms with E-state index in [4.69, 9.17) is 5.11 Å². The van der Waals surface area contributed by atoms with Crippen LogP contribution in [0.3, 0.4) is 0 Å². The molecule has 0 radical (unpaired) electrons. The molecule has 7 heteroatoms. The summed E-state index contributed by atoms with van der Waals surface area (Å²) in [6.07, 6.45) is 5.35. The summed E-state index contributed by atoms with van der Waals surface area (Å²) in [7, 11) is 0. The average Bonchev–Trinajstić information content (AvgIpc) is 3.20. The predicted molar refractivity (Wildman–Crippen MR) is 103 cm³/mol. The van der Waals surface area contributed by atoms with Crippen molar-refractivity contribution in [2.45, 2.75) is 45.2 Å². The molecule has 3 rings (SSSR count). The smallest absolute Gasteiger partial charge is 0.273 e. The van der Waals surface area contributed by atoms with E-state index in [9.17, 15) is 4.79 Å². The maximum atomic E-state index is 12.0. The molecule has 146 valence electrons. The van der Waals surface area contributed by atoms with Gasteiger partial charge in [-0.05, 0) is 36.8 Å². The summed E-state index contributed by atoms with van der Waals surface area (Å²) in [5, 5.41) is 19.7. The first-order chi connectivity index (χ1) is 13.2. The van der Waals surface area contributed by atoms with Gasteiger partial charge in [0, 0.05) is 32.8 Å². The van der Waals surface area contributed by atoms with Gasteiger partial charge < -0.3 is 10.4 Å². The first-order valence-corrected chi connectivity index (χ1v) is 9.80. The van der Waals surface area contributed by atoms with Gasteiger partial charge in [-0.25, -0.2) is 4.68 Å². The Bertz CT molecular complexity index is 720. The molecule has 0 aliphatic carbocycles. The highest BCUT2D eigenvalue weighted by Gasteiger charge is 2.22. The zero-order valence-electron chi connectivity index (χ0n) is 16.0. The minimum atomic E-state index is -0.234. The third-order valence-corrected chi connectivity index (χ3v) is 5.13. The molecular weight excluding hydrogens is 342 g/mol. The summed E-state index contributed by atoms with van der Waals surface area (Å²) < 4.78 is 1.83. The van der Waals surface area contributed by atoms with Crippen LogP contribution in [0.2, 0.25) is 0 Å². The van der Waals surface area contributed by atoms with Gasteiger partial charge in [-0.3, -0.25) is 9.69 Å². The molecule has 1 aromatic heterocycles. The normalized spacial score (nSPS) is 15.8. The lowest BCUT2D eigenvalue weighted by atomic mass is 10.0. The molecule has 0 atom stereocenters. The number of carbonyl (C=O) groups is 1. The third-order valence-electron chi connectivity index (χ3n) is 5.13. The van der Waals surface area contributed by atoms with Gasteiger partial charge in [0.1, 0.15) is 0 Å². The number of aliphatic hydroxyl groups is 1. The van der Waals surface area contributed by atoms with Crippen LogP contribution in [0, 0.1) is 0 Å². The number of nitrogens with one attached hydrogen (secondary N) is 1. The molecule has 1 aromatic carbocycles. The SMILES string of the molecule is CCc1ccc(CN2CCC(n3cc(C(=O)NCCCO)nn3)CC2)cc1. The molecule has 1 saturated heterocycles. The lowest BCUT2D eigenvalue weighted by Gasteiger charge is -2.31. The molecule has 0 spiro atoms. The minimum Gasteiger partial charge on any atom is -0.396 e. The van der Waals surface area contributed by atoms with Gasteiger partial charge in [0.25, 0.3) is 5.91 Å². The molecule has 2 heterocycles. The average molecular weight is 371 g/mol. The summed E-state index contributed by atoms with van der Waals surface area (Å²) in [5.41, 5.74) is 3.07. The number of aromatic nitrogens is 3. The molecule has 1 aliphatic rings. The highest BCUT2D eigenvalue weighted by atomic mass is 16.3. The number of rotatable bonds is 8. The van der Waals surface area contributed by atoms with E-state index in [1.54, 1.807) is 6.20 Å². The van der Waals surface area contributed by atoms with Crippen molar-refractivity contribution < 1.29 is 9.90 Å². The highest BCUT2D eigenvalue weighted by molar-refractivity contribution is 5.91. The number of nitrogens with zero attached hydrogens (tertiary/aromatic N) is 4. The first-order valence-electron chi connectivity index (χ1n) is 9.80. The molecule has 0 unspecified atom stereocenters. The lowest BCUT2D eigenvalue weighted by molar-refractivity contribution is 0.0946. The number of benzene rings is 1. The number of amides is 1. The number of aliphatic hydroxyl groups excluding tert-OH is 1. The maximum Gasteiger partial charge on any atom is 0.273 e. The molecule has 2 N–H and O–H groups in total. The lowest BCUT2D eigenvalue weighted by Crippen LogP contribution is -2.34. The van der Waals surface area contributed by atoms with Crippen molar-refractivity contribution in [1.29, 1.82) is 0 Å². The second kappa shape index (κ2) is 9.62. The van der Waals surface area contributed by atoms with Crippen molar-refractivity contribution in [2.75, 3.05) is 26.2 Å². The number of piperidine rings is 1. The Hall–Kier alpha value is -2.25. The molecule has 27 heavy (non-hydrogen) atoms. The Morgan fingerprint density at radius 1 is 1.22 bits per heavy atom. The molecule has 0 bridgehead atoms. The van der Waals surface area contributed by atoms with Crippen LogP contribution in [0.15, 0.2) is 30.5 Å². The van der Waals surface area contributed by atoms with E-state index in [-0.39, 0.29) is 18.6 Å². The van der Waals surface area contributed by atoms with Crippen molar-refractivity contribution >= 4 is 5.91 Å². The van der Waals surface area contributed by atoms with E-state index in [0.717, 1.165) is 38.9 Å². The van der Waals surface area contributed by atoms with Crippen LogP contribution in [-0.4, -0.2) is 57.1 Å². The zero-order valence-corrected chi connectivity index (χ0v) is 16.0. The monoisotopic (exact) mass is 371 g/mol. The van der Waals surface area contributed by atoms with E-state index in [0.29, 0.717) is 18.7 Å². The van der Waals surface area contributed by atoms with E-state index in [2.05, 4.69) is 51.7 Å². The largest absolute Gasteiger partial charge is 0.396 e. The van der Waals surface area contributed by atoms with Gasteiger partial charge in [0.2, 0.25) is 0 Å². The Morgan fingerprint density at radius 2 is 1.93 bits per heavy atom. The van der Waals surface area contributed by atoms with Crippen molar-refractivity contribution in [3.05, 3.63) is 47.3 Å². The van der Waals surface area contributed by atoms with Crippen molar-refractivity contribution in [3.8, 4) is 0 Å². The fourth-order valence-electron chi connectivity index (χ4n) is 3.41. The number of likely N-dealkylation sites (tertiary alicyclic amines) is 1. The van der Waals surface area contributed by atoms with Gasteiger partial charge in [-0.2, -0.15) is 0 Å². The number of hydrogen-bond acceptors (Lipinski definition) is 5. The molecule has 7 nitrogen and oxygen atoms in total. The summed E-state index contributed by atoms with van der Waals surface area (Å²) in [5.74, 6) is -0.234. The standard InChI is InChI=1S/C20H29N5O2/c1-2-16-4-6-17(7-5-16)14-24-11-8-18(9-12-24)25-15-19(22-23-25)20(27)21-10-3-13-26/h4-7,15,18,26H,2-3,8-14H2,1H3,(H,21,27). The van der Waals surface area contributed by atoms with Crippen LogP contribution >= 0.6 is 0 Å². The summed E-state index contributed by atoms with van der Waals surface area (Å²) in [6.45, 7) is 5.69. The summed E-state index contributed by atoms with van der Waals surface area (Å²) in [6, 6.07) is 9.17. The van der Waals surface area contributed by atoms with Crippen molar-refractivity contribution in [3.63, 3.8) is 0 Å². The Labute approximate surface area is 160 Å². The van der Waals surface area contributed by atoms with E-state index < -0.39 is 0 Å². The molecular formula is C20H29N5O2. The third kappa shape index (κ3) is 5.37. The predicted octanol–water partition coefficient (Wildman–Crippen LogP) is 1.79. The Morgan fingerprint density at radius 3 is 2.59 bits per heavy atom. The first kappa shape index (κ1) is 19.5. The minimum absolute atomic E-state index is 0.0638. The van der Waals surface area contributed by atoms with Crippen LogP contribution in [0.25, 0.3) is 0 Å². The topological polar surface area (TPSA) is 83.3 Å². The fourth-order valence-corrected chi connectivity index (χ4v) is 3.41. The van der Waals surface area contributed by atoms with Crippen LogP contribution in [0.1, 0.15) is 53.8 Å². The zero-order chi connectivity index (χ0) is 19.1. The van der Waals surface area contributed by atoms with Gasteiger partial charge in [-0.15, -0.1) is 5.10 Å². The fraction of sp³-hybridized carbons (Fsp3) is 0.550. The van der Waals surface area contributed by atoms with Crippen LogP contribution in [-0.2, 0) is 13.0 Å². The van der Waals surface area contributed by atoms with Crippen molar-refractivity contribution in [1.82, 2.24) is 25.2 Å². The van der Waals surface area contributed by atoms with Crippen molar-refractivity contribution in [2.24, 2.45) is 0 Å². The molecule has 1 aliphatic heterocycles. The van der Waals surface area contributed by atoms with Gasteiger partial charge >= 0.3 is 0 Å². The van der Waals surface area contributed by atoms with Gasteiger partial charge in [0.15, 0.2) is 5.69 Å². The number of carbonyl (C=O) groups excluding carboxylic acids is 1. The van der Waals surface area contributed by atoms with Crippen LogP contribution in [0.4, 0.5) is 0 Å². The Kier molecular flexibility index (Phi) is 6.95. The number of aryl methyl sites for hydroxylation is 1. The molecule has 2 aromatic rings. The van der Waals surface area contributed by atoms with E-state index >= 15 is 0 Å². The van der Waals surface area contributed by atoms with Gasteiger partial charge in [-0.1, -0.05) is 36.4 Å².